The van der Waals surface area contributed by atoms with E-state index in [0.29, 0.717) is 0 Å². The number of fused-ring (bicyclic) bond motifs is 1. The second-order valence-electron chi connectivity index (χ2n) is 4.00. The standard InChI is InChI=1S/C11H13NS/c1-11(2)7-12-9-5-3-4-6-10(9)13-8-11/h3-7H,8H2,1-2H3. The van der Waals surface area contributed by atoms with Crippen LogP contribution in [0.25, 0.3) is 0 Å². The van der Waals surface area contributed by atoms with Gasteiger partial charge in [0.1, 0.15) is 0 Å². The van der Waals surface area contributed by atoms with Crippen molar-refractivity contribution >= 4 is 23.7 Å². The molecule has 1 heterocycles. The fourth-order valence-corrected chi connectivity index (χ4v) is 2.28. The molecular formula is C11H13NS. The van der Waals surface area contributed by atoms with Gasteiger partial charge in [-0.15, -0.1) is 11.8 Å². The average Bonchev–Trinajstić information content (AvgIpc) is 2.27. The molecule has 0 aromatic heterocycles. The molecule has 0 saturated carbocycles. The predicted octanol–water partition coefficient (Wildman–Crippen LogP) is 3.52. The van der Waals surface area contributed by atoms with Gasteiger partial charge in [-0.25, -0.2) is 0 Å². The van der Waals surface area contributed by atoms with Crippen LogP contribution in [0.4, 0.5) is 5.69 Å². The largest absolute Gasteiger partial charge is 0.259 e. The Morgan fingerprint density at radius 3 is 2.92 bits per heavy atom. The summed E-state index contributed by atoms with van der Waals surface area (Å²) in [4.78, 5) is 5.79. The van der Waals surface area contributed by atoms with Gasteiger partial charge in [0.2, 0.25) is 0 Å². The highest BCUT2D eigenvalue weighted by Crippen LogP contribution is 2.36. The molecule has 0 radical (unpaired) electrons. The van der Waals surface area contributed by atoms with Gasteiger partial charge in [0, 0.05) is 22.3 Å². The number of para-hydroxylation sites is 1. The Kier molecular flexibility index (Phi) is 2.16. The normalized spacial score (nSPS) is 19.2. The Morgan fingerprint density at radius 1 is 1.31 bits per heavy atom. The molecular weight excluding hydrogens is 178 g/mol. The van der Waals surface area contributed by atoms with Crippen LogP contribution in [0.2, 0.25) is 0 Å². The first-order valence-corrected chi connectivity index (χ1v) is 5.43. The molecule has 0 spiro atoms. The molecule has 0 saturated heterocycles. The SMILES string of the molecule is CC1(C)C=Nc2ccccc2SC1. The molecule has 1 aromatic carbocycles. The maximum atomic E-state index is 4.49. The third-order valence-corrected chi connectivity index (χ3v) is 3.56. The molecule has 2 rings (SSSR count). The summed E-state index contributed by atoms with van der Waals surface area (Å²) in [5.41, 5.74) is 1.32. The van der Waals surface area contributed by atoms with Crippen LogP contribution in [-0.4, -0.2) is 12.0 Å². The first-order valence-electron chi connectivity index (χ1n) is 4.44. The first-order chi connectivity index (χ1) is 6.17. The zero-order chi connectivity index (χ0) is 9.31. The number of nitrogens with zero attached hydrogens (tertiary/aromatic N) is 1. The molecule has 13 heavy (non-hydrogen) atoms. The van der Waals surface area contributed by atoms with Crippen molar-refractivity contribution in [2.75, 3.05) is 5.75 Å². The molecule has 0 amide bonds. The smallest absolute Gasteiger partial charge is 0.0761 e. The molecule has 0 atom stereocenters. The highest BCUT2D eigenvalue weighted by Gasteiger charge is 2.19. The molecule has 1 aliphatic heterocycles. The summed E-state index contributed by atoms with van der Waals surface area (Å²) >= 11 is 1.89. The van der Waals surface area contributed by atoms with E-state index in [4.69, 9.17) is 0 Å². The van der Waals surface area contributed by atoms with Crippen molar-refractivity contribution in [2.24, 2.45) is 10.4 Å². The summed E-state index contributed by atoms with van der Waals surface area (Å²) in [6, 6.07) is 8.31. The number of aliphatic imine (C=N–C) groups is 1. The molecule has 0 bridgehead atoms. The molecule has 0 aliphatic carbocycles. The zero-order valence-electron chi connectivity index (χ0n) is 7.95. The lowest BCUT2D eigenvalue weighted by Crippen LogP contribution is -2.14. The Morgan fingerprint density at radius 2 is 2.08 bits per heavy atom. The molecule has 0 unspecified atom stereocenters. The summed E-state index contributed by atoms with van der Waals surface area (Å²) in [6.07, 6.45) is 2.06. The number of benzene rings is 1. The number of hydrogen-bond acceptors (Lipinski definition) is 2. The summed E-state index contributed by atoms with van der Waals surface area (Å²) in [5, 5.41) is 0. The number of hydrogen-bond donors (Lipinski definition) is 0. The Labute approximate surface area is 83.3 Å². The average molecular weight is 191 g/mol. The molecule has 1 nitrogen and oxygen atoms in total. The Bertz CT molecular complexity index is 342. The van der Waals surface area contributed by atoms with Crippen LogP contribution >= 0.6 is 11.8 Å². The van der Waals surface area contributed by atoms with Crippen molar-refractivity contribution in [3.05, 3.63) is 24.3 Å². The fraction of sp³-hybridized carbons (Fsp3) is 0.364. The van der Waals surface area contributed by atoms with Crippen LogP contribution in [0.1, 0.15) is 13.8 Å². The van der Waals surface area contributed by atoms with Crippen molar-refractivity contribution in [3.8, 4) is 0 Å². The van der Waals surface area contributed by atoms with Gasteiger partial charge in [-0.1, -0.05) is 26.0 Å². The van der Waals surface area contributed by atoms with Crippen LogP contribution in [0, 0.1) is 5.41 Å². The van der Waals surface area contributed by atoms with Crippen LogP contribution in [0.5, 0.6) is 0 Å². The van der Waals surface area contributed by atoms with Crippen LogP contribution in [0.15, 0.2) is 34.2 Å². The molecule has 2 heteroatoms. The van der Waals surface area contributed by atoms with Crippen molar-refractivity contribution in [3.63, 3.8) is 0 Å². The third-order valence-electron chi connectivity index (χ3n) is 2.02. The van der Waals surface area contributed by atoms with Crippen LogP contribution in [0.3, 0.4) is 0 Å². The summed E-state index contributed by atoms with van der Waals surface area (Å²) in [6.45, 7) is 4.44. The van der Waals surface area contributed by atoms with Gasteiger partial charge in [-0.05, 0) is 12.1 Å². The van der Waals surface area contributed by atoms with Crippen LogP contribution in [-0.2, 0) is 0 Å². The van der Waals surface area contributed by atoms with Gasteiger partial charge in [-0.2, -0.15) is 0 Å². The maximum absolute atomic E-state index is 4.49. The van der Waals surface area contributed by atoms with Gasteiger partial charge in [-0.3, -0.25) is 4.99 Å². The van der Waals surface area contributed by atoms with E-state index in [1.807, 2.05) is 17.8 Å². The molecule has 0 N–H and O–H groups in total. The molecule has 68 valence electrons. The van der Waals surface area contributed by atoms with Crippen molar-refractivity contribution < 1.29 is 0 Å². The highest BCUT2D eigenvalue weighted by atomic mass is 32.2. The quantitative estimate of drug-likeness (QED) is 0.611. The van der Waals surface area contributed by atoms with E-state index in [9.17, 15) is 0 Å². The fourth-order valence-electron chi connectivity index (χ4n) is 1.23. The zero-order valence-corrected chi connectivity index (χ0v) is 8.77. The van der Waals surface area contributed by atoms with Gasteiger partial charge in [0.05, 0.1) is 5.69 Å². The third kappa shape index (κ3) is 1.94. The van der Waals surface area contributed by atoms with E-state index in [-0.39, 0.29) is 5.41 Å². The lowest BCUT2D eigenvalue weighted by Gasteiger charge is -2.15. The monoisotopic (exact) mass is 191 g/mol. The van der Waals surface area contributed by atoms with Crippen molar-refractivity contribution in [1.82, 2.24) is 0 Å². The van der Waals surface area contributed by atoms with Crippen LogP contribution < -0.4 is 0 Å². The van der Waals surface area contributed by atoms with E-state index in [2.05, 4.69) is 43.3 Å². The van der Waals surface area contributed by atoms with Crippen molar-refractivity contribution in [2.45, 2.75) is 18.7 Å². The van der Waals surface area contributed by atoms with E-state index in [1.165, 1.54) is 4.90 Å². The summed E-state index contributed by atoms with van der Waals surface area (Å²) < 4.78 is 0. The van der Waals surface area contributed by atoms with Crippen molar-refractivity contribution in [1.29, 1.82) is 0 Å². The predicted molar refractivity (Wildman–Crippen MR) is 59.1 cm³/mol. The number of thioether (sulfide) groups is 1. The Hall–Kier alpha value is -0.760. The lowest BCUT2D eigenvalue weighted by atomic mass is 9.99. The minimum Gasteiger partial charge on any atom is -0.259 e. The second kappa shape index (κ2) is 3.18. The summed E-state index contributed by atoms with van der Waals surface area (Å²) in [5.74, 6) is 1.10. The minimum atomic E-state index is 0.212. The van der Waals surface area contributed by atoms with Gasteiger partial charge in [0.15, 0.2) is 0 Å². The first kappa shape index (κ1) is 8.82. The van der Waals surface area contributed by atoms with E-state index in [1.54, 1.807) is 0 Å². The lowest BCUT2D eigenvalue weighted by molar-refractivity contribution is 0.621. The van der Waals surface area contributed by atoms with Gasteiger partial charge < -0.3 is 0 Å². The molecule has 1 aromatic rings. The van der Waals surface area contributed by atoms with Gasteiger partial charge >= 0.3 is 0 Å². The highest BCUT2D eigenvalue weighted by molar-refractivity contribution is 7.99. The van der Waals surface area contributed by atoms with E-state index in [0.717, 1.165) is 11.4 Å². The minimum absolute atomic E-state index is 0.212. The van der Waals surface area contributed by atoms with E-state index < -0.39 is 0 Å². The van der Waals surface area contributed by atoms with Gasteiger partial charge in [0.25, 0.3) is 0 Å². The maximum Gasteiger partial charge on any atom is 0.0761 e. The molecule has 0 fully saturated rings. The number of rotatable bonds is 0. The Balaban J connectivity index is 2.39. The summed E-state index contributed by atoms with van der Waals surface area (Å²) in [7, 11) is 0. The molecule has 1 aliphatic rings. The topological polar surface area (TPSA) is 12.4 Å². The second-order valence-corrected chi connectivity index (χ2v) is 5.02. The van der Waals surface area contributed by atoms with E-state index >= 15 is 0 Å².